The summed E-state index contributed by atoms with van der Waals surface area (Å²) in [5.41, 5.74) is 14.6. The van der Waals surface area contributed by atoms with Crippen molar-refractivity contribution in [1.82, 2.24) is 9.97 Å². The van der Waals surface area contributed by atoms with E-state index in [0.29, 0.717) is 11.3 Å². The maximum absolute atomic E-state index is 8.81. The molecule has 0 bridgehead atoms. The molecule has 102 valence electrons. The van der Waals surface area contributed by atoms with E-state index in [1.54, 1.807) is 18.2 Å². The van der Waals surface area contributed by atoms with Gasteiger partial charge in [-0.15, -0.1) is 0 Å². The SMILES string of the molecule is N#Cc1ccc(-c2nc3ccc(N=C(N)N)cc3[nH]2)cc1. The van der Waals surface area contributed by atoms with E-state index < -0.39 is 0 Å². The maximum Gasteiger partial charge on any atom is 0.191 e. The summed E-state index contributed by atoms with van der Waals surface area (Å²) in [5, 5.41) is 8.81. The molecule has 0 amide bonds. The molecule has 0 unspecified atom stereocenters. The topological polar surface area (TPSA) is 117 Å². The molecule has 0 spiro atoms. The van der Waals surface area contributed by atoms with Crippen LogP contribution in [-0.4, -0.2) is 15.9 Å². The second-order valence-electron chi connectivity index (χ2n) is 4.51. The van der Waals surface area contributed by atoms with Crippen molar-refractivity contribution in [2.75, 3.05) is 0 Å². The highest BCUT2D eigenvalue weighted by Gasteiger charge is 2.06. The van der Waals surface area contributed by atoms with Gasteiger partial charge >= 0.3 is 0 Å². The molecule has 21 heavy (non-hydrogen) atoms. The van der Waals surface area contributed by atoms with Gasteiger partial charge in [0.15, 0.2) is 5.96 Å². The van der Waals surface area contributed by atoms with Crippen LogP contribution in [0.2, 0.25) is 0 Å². The summed E-state index contributed by atoms with van der Waals surface area (Å²) in [6.45, 7) is 0. The molecule has 0 aliphatic rings. The molecule has 0 fully saturated rings. The standard InChI is InChI=1S/C15H12N6/c16-8-9-1-3-10(4-2-9)14-20-12-6-5-11(19-15(17)18)7-13(12)21-14/h1-7H,(H,20,21)(H4,17,18,19). The lowest BCUT2D eigenvalue weighted by Crippen LogP contribution is -2.21. The second-order valence-corrected chi connectivity index (χ2v) is 4.51. The largest absolute Gasteiger partial charge is 0.370 e. The highest BCUT2D eigenvalue weighted by molar-refractivity contribution is 5.85. The van der Waals surface area contributed by atoms with Crippen molar-refractivity contribution in [3.63, 3.8) is 0 Å². The first-order chi connectivity index (χ1) is 10.2. The van der Waals surface area contributed by atoms with Crippen LogP contribution in [0.3, 0.4) is 0 Å². The number of aliphatic imine (C=N–C) groups is 1. The molecule has 3 aromatic rings. The third-order valence-electron chi connectivity index (χ3n) is 3.01. The van der Waals surface area contributed by atoms with Crippen molar-refractivity contribution in [2.45, 2.75) is 0 Å². The van der Waals surface area contributed by atoms with Crippen LogP contribution in [0.5, 0.6) is 0 Å². The molecule has 6 nitrogen and oxygen atoms in total. The number of rotatable bonds is 2. The summed E-state index contributed by atoms with van der Waals surface area (Å²) in [5.74, 6) is 0.748. The van der Waals surface area contributed by atoms with Gasteiger partial charge in [0.25, 0.3) is 0 Å². The molecule has 1 aromatic heterocycles. The lowest BCUT2D eigenvalue weighted by Gasteiger charge is -1.95. The second kappa shape index (κ2) is 4.98. The molecule has 5 N–H and O–H groups in total. The Labute approximate surface area is 120 Å². The molecule has 0 atom stereocenters. The van der Waals surface area contributed by atoms with E-state index in [4.69, 9.17) is 16.7 Å². The van der Waals surface area contributed by atoms with Gasteiger partial charge in [-0.25, -0.2) is 9.98 Å². The Bertz CT molecular complexity index is 863. The van der Waals surface area contributed by atoms with Gasteiger partial charge < -0.3 is 16.5 Å². The fourth-order valence-corrected chi connectivity index (χ4v) is 2.06. The number of guanidine groups is 1. The van der Waals surface area contributed by atoms with Crippen LogP contribution in [0.15, 0.2) is 47.5 Å². The summed E-state index contributed by atoms with van der Waals surface area (Å²) in [7, 11) is 0. The Balaban J connectivity index is 2.04. The molecule has 0 saturated heterocycles. The zero-order chi connectivity index (χ0) is 14.8. The number of nitrogens with zero attached hydrogens (tertiary/aromatic N) is 3. The van der Waals surface area contributed by atoms with E-state index in [1.165, 1.54) is 0 Å². The number of imidazole rings is 1. The fraction of sp³-hybridized carbons (Fsp3) is 0. The van der Waals surface area contributed by atoms with Crippen LogP contribution >= 0.6 is 0 Å². The van der Waals surface area contributed by atoms with Crippen molar-refractivity contribution < 1.29 is 0 Å². The Morgan fingerprint density at radius 1 is 1.14 bits per heavy atom. The number of aromatic nitrogens is 2. The first kappa shape index (κ1) is 12.7. The van der Waals surface area contributed by atoms with Crippen molar-refractivity contribution in [2.24, 2.45) is 16.5 Å². The maximum atomic E-state index is 8.81. The van der Waals surface area contributed by atoms with Gasteiger partial charge in [0.05, 0.1) is 28.4 Å². The quantitative estimate of drug-likeness (QED) is 0.490. The summed E-state index contributed by atoms with van der Waals surface area (Å²) in [6, 6.07) is 14.8. The van der Waals surface area contributed by atoms with Gasteiger partial charge in [-0.3, -0.25) is 0 Å². The number of benzene rings is 2. The van der Waals surface area contributed by atoms with Crippen molar-refractivity contribution in [3.05, 3.63) is 48.0 Å². The van der Waals surface area contributed by atoms with Crippen LogP contribution in [0, 0.1) is 11.3 Å². The number of H-pyrrole nitrogens is 1. The zero-order valence-electron chi connectivity index (χ0n) is 11.0. The number of aromatic amines is 1. The number of nitrogens with two attached hydrogens (primary N) is 2. The number of nitrogens with one attached hydrogen (secondary N) is 1. The highest BCUT2D eigenvalue weighted by Crippen LogP contribution is 2.24. The minimum Gasteiger partial charge on any atom is -0.370 e. The van der Waals surface area contributed by atoms with Crippen LogP contribution in [-0.2, 0) is 0 Å². The van der Waals surface area contributed by atoms with Crippen LogP contribution < -0.4 is 11.5 Å². The van der Waals surface area contributed by atoms with E-state index >= 15 is 0 Å². The monoisotopic (exact) mass is 276 g/mol. The lowest BCUT2D eigenvalue weighted by atomic mass is 10.1. The molecule has 0 aliphatic heterocycles. The van der Waals surface area contributed by atoms with Crippen LogP contribution in [0.1, 0.15) is 5.56 Å². The Kier molecular flexibility index (Phi) is 3.01. The third-order valence-corrected chi connectivity index (χ3v) is 3.01. The Morgan fingerprint density at radius 2 is 1.90 bits per heavy atom. The molecule has 0 radical (unpaired) electrons. The van der Waals surface area contributed by atoms with Crippen LogP contribution in [0.25, 0.3) is 22.4 Å². The van der Waals surface area contributed by atoms with Gasteiger partial charge in [0.2, 0.25) is 0 Å². The smallest absolute Gasteiger partial charge is 0.191 e. The Hall–Kier alpha value is -3.33. The molecule has 3 rings (SSSR count). The molecule has 6 heteroatoms. The van der Waals surface area contributed by atoms with Crippen molar-refractivity contribution in [3.8, 4) is 17.5 Å². The molecular weight excluding hydrogens is 264 g/mol. The predicted molar refractivity (Wildman–Crippen MR) is 81.7 cm³/mol. The van der Waals surface area contributed by atoms with E-state index in [2.05, 4.69) is 21.0 Å². The van der Waals surface area contributed by atoms with Crippen molar-refractivity contribution >= 4 is 22.7 Å². The average Bonchev–Trinajstić information content (AvgIpc) is 2.90. The highest BCUT2D eigenvalue weighted by atomic mass is 15.0. The predicted octanol–water partition coefficient (Wildman–Crippen LogP) is 2.01. The first-order valence-corrected chi connectivity index (χ1v) is 6.25. The zero-order valence-corrected chi connectivity index (χ0v) is 11.0. The number of fused-ring (bicyclic) bond motifs is 1. The number of hydrogen-bond donors (Lipinski definition) is 3. The molecule has 0 saturated carbocycles. The fourth-order valence-electron chi connectivity index (χ4n) is 2.06. The van der Waals surface area contributed by atoms with Gasteiger partial charge in [-0.05, 0) is 42.5 Å². The average molecular weight is 276 g/mol. The van der Waals surface area contributed by atoms with Crippen molar-refractivity contribution in [1.29, 1.82) is 5.26 Å². The first-order valence-electron chi connectivity index (χ1n) is 6.25. The molecule has 2 aromatic carbocycles. The van der Waals surface area contributed by atoms with Gasteiger partial charge in [0, 0.05) is 5.56 Å². The lowest BCUT2D eigenvalue weighted by molar-refractivity contribution is 1.33. The summed E-state index contributed by atoms with van der Waals surface area (Å²) in [4.78, 5) is 11.7. The minimum atomic E-state index is 0.0150. The van der Waals surface area contributed by atoms with E-state index in [9.17, 15) is 0 Å². The van der Waals surface area contributed by atoms with E-state index in [0.717, 1.165) is 22.4 Å². The molecule has 1 heterocycles. The van der Waals surface area contributed by atoms with E-state index in [1.807, 2.05) is 24.3 Å². The molecule has 0 aliphatic carbocycles. The summed E-state index contributed by atoms with van der Waals surface area (Å²) >= 11 is 0. The number of nitriles is 1. The van der Waals surface area contributed by atoms with Gasteiger partial charge in [-0.1, -0.05) is 0 Å². The minimum absolute atomic E-state index is 0.0150. The van der Waals surface area contributed by atoms with Gasteiger partial charge in [0.1, 0.15) is 5.82 Å². The summed E-state index contributed by atoms with van der Waals surface area (Å²) in [6.07, 6.45) is 0. The molecular formula is C15H12N6. The Morgan fingerprint density at radius 3 is 2.57 bits per heavy atom. The van der Waals surface area contributed by atoms with Gasteiger partial charge in [-0.2, -0.15) is 5.26 Å². The van der Waals surface area contributed by atoms with E-state index in [-0.39, 0.29) is 5.96 Å². The van der Waals surface area contributed by atoms with Crippen LogP contribution in [0.4, 0.5) is 5.69 Å². The normalized spacial score (nSPS) is 10.2. The number of hydrogen-bond acceptors (Lipinski definition) is 3. The summed E-state index contributed by atoms with van der Waals surface area (Å²) < 4.78 is 0. The third kappa shape index (κ3) is 2.53.